The molecule has 1 saturated heterocycles. The van der Waals surface area contributed by atoms with Gasteiger partial charge in [-0.05, 0) is 62.1 Å². The molecule has 0 radical (unpaired) electrons. The second-order valence-electron chi connectivity index (χ2n) is 7.52. The molecule has 1 aliphatic rings. The summed E-state index contributed by atoms with van der Waals surface area (Å²) in [5.74, 6) is -0.122. The number of ether oxygens (including phenoxy) is 1. The van der Waals surface area contributed by atoms with Crippen LogP contribution in [0.4, 0.5) is 0 Å². The number of likely N-dealkylation sites (tertiary alicyclic amines) is 1. The standard InChI is InChI=1S/C23H27N3O4/c1-15-7-4-10-20(16(15)2)30-17(3)22(28)24-25-23(29)19-9-5-8-18(13-19)14-26-12-6-11-21(26)27/h4-5,7-10,13,17H,6,11-12,14H2,1-3H3,(H,24,28)(H,25,29)/t17-/m1/s1. The summed E-state index contributed by atoms with van der Waals surface area (Å²) in [6.07, 6.45) is 0.667. The summed E-state index contributed by atoms with van der Waals surface area (Å²) in [7, 11) is 0. The fourth-order valence-corrected chi connectivity index (χ4v) is 3.29. The summed E-state index contributed by atoms with van der Waals surface area (Å²) in [4.78, 5) is 38.3. The summed E-state index contributed by atoms with van der Waals surface area (Å²) < 4.78 is 5.73. The number of carbonyl (C=O) groups excluding carboxylic acids is 3. The van der Waals surface area contributed by atoms with E-state index in [-0.39, 0.29) is 5.91 Å². The third-order valence-corrected chi connectivity index (χ3v) is 5.26. The molecule has 7 nitrogen and oxygen atoms in total. The van der Waals surface area contributed by atoms with E-state index in [9.17, 15) is 14.4 Å². The Bertz CT molecular complexity index is 957. The Morgan fingerprint density at radius 2 is 1.90 bits per heavy atom. The smallest absolute Gasteiger partial charge is 0.279 e. The molecule has 0 unspecified atom stereocenters. The van der Waals surface area contributed by atoms with E-state index in [4.69, 9.17) is 4.74 Å². The number of nitrogens with one attached hydrogen (secondary N) is 2. The molecule has 0 spiro atoms. The predicted octanol–water partition coefficient (Wildman–Crippen LogP) is 2.65. The number of aryl methyl sites for hydroxylation is 1. The van der Waals surface area contributed by atoms with Gasteiger partial charge in [-0.15, -0.1) is 0 Å². The molecular weight excluding hydrogens is 382 g/mol. The maximum absolute atomic E-state index is 12.4. The van der Waals surface area contributed by atoms with E-state index in [2.05, 4.69) is 10.9 Å². The van der Waals surface area contributed by atoms with Crippen molar-refractivity contribution in [3.05, 3.63) is 64.7 Å². The lowest BCUT2D eigenvalue weighted by Gasteiger charge is -2.18. The van der Waals surface area contributed by atoms with Crippen LogP contribution in [0, 0.1) is 13.8 Å². The zero-order valence-electron chi connectivity index (χ0n) is 17.5. The summed E-state index contributed by atoms with van der Waals surface area (Å²) in [6, 6.07) is 12.7. The Balaban J connectivity index is 1.54. The van der Waals surface area contributed by atoms with Crippen molar-refractivity contribution in [3.8, 4) is 5.75 Å². The van der Waals surface area contributed by atoms with Gasteiger partial charge in [-0.1, -0.05) is 24.3 Å². The normalized spacial score (nSPS) is 14.4. The molecule has 1 fully saturated rings. The zero-order chi connectivity index (χ0) is 21.7. The molecule has 1 aliphatic heterocycles. The van der Waals surface area contributed by atoms with Crippen LogP contribution in [0.2, 0.25) is 0 Å². The van der Waals surface area contributed by atoms with Crippen molar-refractivity contribution in [2.45, 2.75) is 46.3 Å². The Kier molecular flexibility index (Phi) is 6.72. The van der Waals surface area contributed by atoms with Gasteiger partial charge >= 0.3 is 0 Å². The van der Waals surface area contributed by atoms with Crippen LogP contribution in [0.15, 0.2) is 42.5 Å². The number of hydrazine groups is 1. The van der Waals surface area contributed by atoms with Gasteiger partial charge in [-0.25, -0.2) is 0 Å². The number of hydrogen-bond donors (Lipinski definition) is 2. The first kappa shape index (κ1) is 21.4. The van der Waals surface area contributed by atoms with Crippen molar-refractivity contribution in [2.24, 2.45) is 0 Å². The second-order valence-corrected chi connectivity index (χ2v) is 7.52. The molecule has 7 heteroatoms. The van der Waals surface area contributed by atoms with Crippen molar-refractivity contribution < 1.29 is 19.1 Å². The van der Waals surface area contributed by atoms with Gasteiger partial charge in [0.2, 0.25) is 5.91 Å². The number of carbonyl (C=O) groups is 3. The van der Waals surface area contributed by atoms with Gasteiger partial charge in [-0.3, -0.25) is 25.2 Å². The van der Waals surface area contributed by atoms with Gasteiger partial charge < -0.3 is 9.64 Å². The summed E-state index contributed by atoms with van der Waals surface area (Å²) in [6.45, 7) is 6.74. The minimum atomic E-state index is -0.779. The Morgan fingerprint density at radius 1 is 1.13 bits per heavy atom. The van der Waals surface area contributed by atoms with E-state index in [1.165, 1.54) is 0 Å². The molecule has 3 amide bonds. The summed E-state index contributed by atoms with van der Waals surface area (Å²) in [5.41, 5.74) is 8.15. The lowest BCUT2D eigenvalue weighted by atomic mass is 10.1. The van der Waals surface area contributed by atoms with Gasteiger partial charge in [0, 0.05) is 25.1 Å². The van der Waals surface area contributed by atoms with Gasteiger partial charge in [0.15, 0.2) is 6.10 Å². The number of benzene rings is 2. The summed E-state index contributed by atoms with van der Waals surface area (Å²) >= 11 is 0. The number of hydrogen-bond acceptors (Lipinski definition) is 4. The molecule has 3 rings (SSSR count). The first-order valence-electron chi connectivity index (χ1n) is 10.0. The topological polar surface area (TPSA) is 87.7 Å². The molecule has 158 valence electrons. The highest BCUT2D eigenvalue weighted by atomic mass is 16.5. The van der Waals surface area contributed by atoms with E-state index in [0.29, 0.717) is 24.3 Å². The van der Waals surface area contributed by atoms with Crippen LogP contribution in [0.3, 0.4) is 0 Å². The van der Waals surface area contributed by atoms with Crippen LogP contribution in [-0.2, 0) is 16.1 Å². The van der Waals surface area contributed by atoms with E-state index >= 15 is 0 Å². The molecule has 2 N–H and O–H groups in total. The number of amides is 3. The molecule has 0 bridgehead atoms. The molecule has 1 atom stereocenters. The van der Waals surface area contributed by atoms with Crippen LogP contribution in [0.1, 0.15) is 46.8 Å². The minimum absolute atomic E-state index is 0.134. The minimum Gasteiger partial charge on any atom is -0.481 e. The second kappa shape index (κ2) is 9.43. The van der Waals surface area contributed by atoms with Gasteiger partial charge in [-0.2, -0.15) is 0 Å². The van der Waals surface area contributed by atoms with E-state index in [1.807, 2.05) is 32.0 Å². The first-order valence-corrected chi connectivity index (χ1v) is 10.0. The van der Waals surface area contributed by atoms with Crippen LogP contribution in [-0.4, -0.2) is 35.3 Å². The predicted molar refractivity (Wildman–Crippen MR) is 113 cm³/mol. The van der Waals surface area contributed by atoms with E-state index < -0.39 is 17.9 Å². The number of nitrogens with zero attached hydrogens (tertiary/aromatic N) is 1. The van der Waals surface area contributed by atoms with Crippen LogP contribution >= 0.6 is 0 Å². The molecule has 2 aromatic rings. The van der Waals surface area contributed by atoms with Gasteiger partial charge in [0.05, 0.1) is 0 Å². The van der Waals surface area contributed by atoms with Crippen molar-refractivity contribution in [2.75, 3.05) is 6.54 Å². The Hall–Kier alpha value is -3.35. The molecule has 2 aromatic carbocycles. The Labute approximate surface area is 176 Å². The number of rotatable bonds is 6. The quantitative estimate of drug-likeness (QED) is 0.718. The molecule has 0 aromatic heterocycles. The van der Waals surface area contributed by atoms with E-state index in [1.54, 1.807) is 36.1 Å². The highest BCUT2D eigenvalue weighted by Gasteiger charge is 2.21. The molecule has 30 heavy (non-hydrogen) atoms. The van der Waals surface area contributed by atoms with Crippen LogP contribution in [0.25, 0.3) is 0 Å². The average Bonchev–Trinajstić information content (AvgIpc) is 3.13. The van der Waals surface area contributed by atoms with Gasteiger partial charge in [0.25, 0.3) is 11.8 Å². The fraction of sp³-hybridized carbons (Fsp3) is 0.348. The molecule has 0 aliphatic carbocycles. The third kappa shape index (κ3) is 5.17. The van der Waals surface area contributed by atoms with Gasteiger partial charge in [0.1, 0.15) is 5.75 Å². The lowest BCUT2D eigenvalue weighted by Crippen LogP contribution is -2.47. The van der Waals surface area contributed by atoms with Crippen molar-refractivity contribution >= 4 is 17.7 Å². The van der Waals surface area contributed by atoms with Crippen LogP contribution < -0.4 is 15.6 Å². The van der Waals surface area contributed by atoms with Crippen molar-refractivity contribution in [3.63, 3.8) is 0 Å². The SMILES string of the molecule is Cc1cccc(O[C@H](C)C(=O)NNC(=O)c2cccc(CN3CCCC3=O)c2)c1C. The fourth-order valence-electron chi connectivity index (χ4n) is 3.29. The third-order valence-electron chi connectivity index (χ3n) is 5.26. The van der Waals surface area contributed by atoms with E-state index in [0.717, 1.165) is 29.7 Å². The van der Waals surface area contributed by atoms with Crippen LogP contribution in [0.5, 0.6) is 5.75 Å². The highest BCUT2D eigenvalue weighted by Crippen LogP contribution is 2.21. The maximum atomic E-state index is 12.4. The zero-order valence-corrected chi connectivity index (χ0v) is 17.5. The molecular formula is C23H27N3O4. The maximum Gasteiger partial charge on any atom is 0.279 e. The monoisotopic (exact) mass is 409 g/mol. The van der Waals surface area contributed by atoms with Crippen molar-refractivity contribution in [1.29, 1.82) is 0 Å². The highest BCUT2D eigenvalue weighted by molar-refractivity contribution is 5.96. The largest absolute Gasteiger partial charge is 0.481 e. The first-order chi connectivity index (χ1) is 14.3. The molecule has 1 heterocycles. The Morgan fingerprint density at radius 3 is 2.63 bits per heavy atom. The van der Waals surface area contributed by atoms with Crippen molar-refractivity contribution in [1.82, 2.24) is 15.8 Å². The lowest BCUT2D eigenvalue weighted by molar-refractivity contribution is -0.128. The summed E-state index contributed by atoms with van der Waals surface area (Å²) in [5, 5.41) is 0. The molecule has 0 saturated carbocycles. The average molecular weight is 409 g/mol.